The summed E-state index contributed by atoms with van der Waals surface area (Å²) in [7, 11) is 0. The molecule has 2 rings (SSSR count). The Morgan fingerprint density at radius 1 is 1.10 bits per heavy atom. The first-order chi connectivity index (χ1) is 9.97. The fourth-order valence-electron chi connectivity index (χ4n) is 1.88. The minimum atomic E-state index is -1.02. The van der Waals surface area contributed by atoms with Gasteiger partial charge in [-0.25, -0.2) is 0 Å². The van der Waals surface area contributed by atoms with Gasteiger partial charge < -0.3 is 10.8 Å². The number of hydrogen-bond donors (Lipinski definition) is 3. The van der Waals surface area contributed by atoms with E-state index in [2.05, 4.69) is 0 Å². The Morgan fingerprint density at radius 2 is 1.57 bits per heavy atom. The number of rotatable bonds is 4. The number of aliphatic carboxylic acids is 1. The number of carboxylic acids is 1. The molecule has 0 saturated carbocycles. The van der Waals surface area contributed by atoms with Crippen LogP contribution in [0.5, 0.6) is 0 Å². The van der Waals surface area contributed by atoms with Crippen LogP contribution in [0.3, 0.4) is 0 Å². The molecule has 6 heteroatoms. The molecule has 0 fully saturated rings. The Morgan fingerprint density at radius 3 is 2.00 bits per heavy atom. The van der Waals surface area contributed by atoms with Crippen molar-refractivity contribution >= 4 is 34.5 Å². The van der Waals surface area contributed by atoms with Gasteiger partial charge in [-0.15, -0.1) is 0 Å². The van der Waals surface area contributed by atoms with Crippen molar-refractivity contribution in [3.8, 4) is 11.1 Å². The number of nitrogens with one attached hydrogen (secondary N) is 1. The Kier molecular flexibility index (Phi) is 4.88. The van der Waals surface area contributed by atoms with E-state index in [0.29, 0.717) is 10.6 Å². The van der Waals surface area contributed by atoms with Gasteiger partial charge in [-0.1, -0.05) is 59.8 Å². The summed E-state index contributed by atoms with van der Waals surface area (Å²) < 4.78 is 0. The summed E-state index contributed by atoms with van der Waals surface area (Å²) in [6.45, 7) is 0. The van der Waals surface area contributed by atoms with E-state index in [0.717, 1.165) is 22.9 Å². The molecule has 0 aliphatic carbocycles. The van der Waals surface area contributed by atoms with Gasteiger partial charge in [0.25, 0.3) is 0 Å². The number of thioether (sulfide) groups is 1. The standard InChI is InChI=1S/C15H13ClN2O2S/c16-12-7-5-10(6-8-12)9-1-3-11(4-2-9)13(14(19)20)21-15(17)18/h1-8,13H,(H3,17,18)(H,19,20). The highest BCUT2D eigenvalue weighted by Gasteiger charge is 2.21. The van der Waals surface area contributed by atoms with Crippen molar-refractivity contribution < 1.29 is 9.90 Å². The van der Waals surface area contributed by atoms with Gasteiger partial charge in [0.2, 0.25) is 0 Å². The van der Waals surface area contributed by atoms with Gasteiger partial charge in [0.1, 0.15) is 5.25 Å². The molecular formula is C15H13ClN2O2S. The Labute approximate surface area is 131 Å². The van der Waals surface area contributed by atoms with Crippen molar-refractivity contribution in [2.45, 2.75) is 5.25 Å². The monoisotopic (exact) mass is 320 g/mol. The molecule has 0 amide bonds. The SMILES string of the molecule is N=C(N)SC(C(=O)O)c1ccc(-c2ccc(Cl)cc2)cc1. The van der Waals surface area contributed by atoms with E-state index in [1.807, 2.05) is 24.3 Å². The Hall–Kier alpha value is -1.98. The van der Waals surface area contributed by atoms with E-state index >= 15 is 0 Å². The van der Waals surface area contributed by atoms with Gasteiger partial charge in [-0.05, 0) is 28.8 Å². The smallest absolute Gasteiger partial charge is 0.321 e. The highest BCUT2D eigenvalue weighted by Crippen LogP contribution is 2.30. The minimum absolute atomic E-state index is 0.218. The lowest BCUT2D eigenvalue weighted by molar-refractivity contribution is -0.136. The van der Waals surface area contributed by atoms with Gasteiger partial charge in [-0.2, -0.15) is 0 Å². The van der Waals surface area contributed by atoms with Crippen molar-refractivity contribution in [3.05, 3.63) is 59.1 Å². The van der Waals surface area contributed by atoms with Crippen molar-refractivity contribution in [2.24, 2.45) is 5.73 Å². The molecule has 2 aromatic rings. The van der Waals surface area contributed by atoms with Crippen LogP contribution in [-0.2, 0) is 4.79 Å². The van der Waals surface area contributed by atoms with Gasteiger partial charge in [0.05, 0.1) is 0 Å². The topological polar surface area (TPSA) is 87.2 Å². The second-order valence-corrected chi connectivity index (χ2v) is 5.91. The van der Waals surface area contributed by atoms with Crippen LogP contribution in [0, 0.1) is 5.41 Å². The van der Waals surface area contributed by atoms with E-state index in [1.54, 1.807) is 24.3 Å². The first kappa shape index (κ1) is 15.4. The maximum absolute atomic E-state index is 11.2. The van der Waals surface area contributed by atoms with Gasteiger partial charge in [0.15, 0.2) is 5.17 Å². The fourth-order valence-corrected chi connectivity index (χ4v) is 2.65. The van der Waals surface area contributed by atoms with Crippen LogP contribution < -0.4 is 5.73 Å². The molecule has 108 valence electrons. The fraction of sp³-hybridized carbons (Fsp3) is 0.0667. The van der Waals surface area contributed by atoms with Crippen LogP contribution in [0.25, 0.3) is 11.1 Å². The summed E-state index contributed by atoms with van der Waals surface area (Å²) in [5.74, 6) is -1.02. The molecule has 0 bridgehead atoms. The van der Waals surface area contributed by atoms with E-state index in [9.17, 15) is 9.90 Å². The summed E-state index contributed by atoms with van der Waals surface area (Å²) in [5.41, 5.74) is 7.83. The van der Waals surface area contributed by atoms with Crippen LogP contribution >= 0.6 is 23.4 Å². The number of benzene rings is 2. The van der Waals surface area contributed by atoms with Gasteiger partial charge in [0, 0.05) is 5.02 Å². The summed E-state index contributed by atoms with van der Waals surface area (Å²) in [6, 6.07) is 14.6. The second kappa shape index (κ2) is 6.65. The molecule has 1 unspecified atom stereocenters. The van der Waals surface area contributed by atoms with Crippen LogP contribution in [-0.4, -0.2) is 16.2 Å². The number of halogens is 1. The number of hydrogen-bond acceptors (Lipinski definition) is 3. The third-order valence-electron chi connectivity index (χ3n) is 2.86. The second-order valence-electron chi connectivity index (χ2n) is 4.33. The highest BCUT2D eigenvalue weighted by atomic mass is 35.5. The van der Waals surface area contributed by atoms with Gasteiger partial charge >= 0.3 is 5.97 Å². The normalized spacial score (nSPS) is 11.9. The summed E-state index contributed by atoms with van der Waals surface area (Å²) in [4.78, 5) is 11.2. The molecule has 4 nitrogen and oxygen atoms in total. The average Bonchev–Trinajstić information content (AvgIpc) is 2.45. The highest BCUT2D eigenvalue weighted by molar-refractivity contribution is 8.14. The zero-order chi connectivity index (χ0) is 15.4. The first-order valence-electron chi connectivity index (χ1n) is 6.07. The van der Waals surface area contributed by atoms with Crippen molar-refractivity contribution in [1.29, 1.82) is 5.41 Å². The lowest BCUT2D eigenvalue weighted by atomic mass is 10.0. The first-order valence-corrected chi connectivity index (χ1v) is 7.32. The number of carbonyl (C=O) groups is 1. The molecule has 0 radical (unpaired) electrons. The van der Waals surface area contributed by atoms with Crippen molar-refractivity contribution in [2.75, 3.05) is 0 Å². The van der Waals surface area contributed by atoms with E-state index in [1.165, 1.54) is 0 Å². The summed E-state index contributed by atoms with van der Waals surface area (Å²) >= 11 is 6.66. The molecule has 0 aromatic heterocycles. The quantitative estimate of drug-likeness (QED) is 0.591. The average molecular weight is 321 g/mol. The maximum atomic E-state index is 11.2. The van der Waals surface area contributed by atoms with E-state index in [4.69, 9.17) is 22.7 Å². The predicted octanol–water partition coefficient (Wildman–Crippen LogP) is 3.76. The maximum Gasteiger partial charge on any atom is 0.321 e. The van der Waals surface area contributed by atoms with Crippen LogP contribution in [0.1, 0.15) is 10.8 Å². The van der Waals surface area contributed by atoms with Crippen LogP contribution in [0.4, 0.5) is 0 Å². The minimum Gasteiger partial charge on any atom is -0.480 e. The zero-order valence-electron chi connectivity index (χ0n) is 10.9. The van der Waals surface area contributed by atoms with Crippen LogP contribution in [0.2, 0.25) is 5.02 Å². The molecule has 0 aliphatic heterocycles. The molecule has 21 heavy (non-hydrogen) atoms. The molecule has 4 N–H and O–H groups in total. The lowest BCUT2D eigenvalue weighted by Crippen LogP contribution is -2.14. The van der Waals surface area contributed by atoms with Crippen molar-refractivity contribution in [3.63, 3.8) is 0 Å². The largest absolute Gasteiger partial charge is 0.480 e. The molecule has 0 spiro atoms. The molecule has 0 heterocycles. The lowest BCUT2D eigenvalue weighted by Gasteiger charge is -2.12. The summed E-state index contributed by atoms with van der Waals surface area (Å²) in [5, 5.41) is 16.0. The van der Waals surface area contributed by atoms with Crippen molar-refractivity contribution in [1.82, 2.24) is 0 Å². The molecule has 0 aliphatic rings. The predicted molar refractivity (Wildman–Crippen MR) is 86.8 cm³/mol. The molecule has 0 saturated heterocycles. The number of nitrogens with two attached hydrogens (primary N) is 1. The Bertz CT molecular complexity index is 656. The summed E-state index contributed by atoms with van der Waals surface area (Å²) in [6.07, 6.45) is 0. The number of carboxylic acid groups (broad SMARTS) is 1. The van der Waals surface area contributed by atoms with E-state index < -0.39 is 11.2 Å². The zero-order valence-corrected chi connectivity index (χ0v) is 12.5. The van der Waals surface area contributed by atoms with E-state index in [-0.39, 0.29) is 5.17 Å². The molecule has 2 aromatic carbocycles. The van der Waals surface area contributed by atoms with Crippen LogP contribution in [0.15, 0.2) is 48.5 Å². The number of amidine groups is 1. The molecular weight excluding hydrogens is 308 g/mol. The third kappa shape index (κ3) is 4.00. The Balaban J connectivity index is 2.26. The molecule has 1 atom stereocenters. The van der Waals surface area contributed by atoms with Gasteiger partial charge in [-0.3, -0.25) is 10.2 Å². The third-order valence-corrected chi connectivity index (χ3v) is 4.08.